The Morgan fingerprint density at radius 1 is 1.04 bits per heavy atom. The molecule has 6 heteroatoms. The molecule has 0 aromatic heterocycles. The van der Waals surface area contributed by atoms with Crippen molar-refractivity contribution in [3.63, 3.8) is 0 Å². The summed E-state index contributed by atoms with van der Waals surface area (Å²) in [7, 11) is 3.14. The third kappa shape index (κ3) is 5.48. The van der Waals surface area contributed by atoms with E-state index in [1.165, 1.54) is 6.92 Å². The molecule has 0 aliphatic carbocycles. The molecule has 0 heterocycles. The molecule has 144 valence electrons. The molecule has 2 amide bonds. The predicted molar refractivity (Wildman–Crippen MR) is 104 cm³/mol. The highest BCUT2D eigenvalue weighted by atomic mass is 16.5. The zero-order valence-corrected chi connectivity index (χ0v) is 16.2. The monoisotopic (exact) mass is 370 g/mol. The van der Waals surface area contributed by atoms with E-state index in [0.717, 1.165) is 11.1 Å². The molecule has 0 spiro atoms. The van der Waals surface area contributed by atoms with Gasteiger partial charge in [-0.05, 0) is 30.2 Å². The van der Waals surface area contributed by atoms with Gasteiger partial charge < -0.3 is 19.7 Å². The largest absolute Gasteiger partial charge is 0.493 e. The average molecular weight is 370 g/mol. The highest BCUT2D eigenvalue weighted by Gasteiger charge is 2.21. The summed E-state index contributed by atoms with van der Waals surface area (Å²) in [5.74, 6) is 0.870. The van der Waals surface area contributed by atoms with Gasteiger partial charge in [0.1, 0.15) is 6.54 Å². The topological polar surface area (TPSA) is 67.9 Å². The Morgan fingerprint density at radius 3 is 2.30 bits per heavy atom. The first kappa shape index (κ1) is 20.3. The Hall–Kier alpha value is -3.02. The number of hydrogen-bond acceptors (Lipinski definition) is 4. The zero-order chi connectivity index (χ0) is 19.8. The first-order valence-electron chi connectivity index (χ1n) is 8.76. The summed E-state index contributed by atoms with van der Waals surface area (Å²) in [6.07, 6.45) is 0. The molecule has 0 radical (unpaired) electrons. The van der Waals surface area contributed by atoms with Crippen LogP contribution in [0.25, 0.3) is 0 Å². The molecule has 1 N–H and O–H groups in total. The highest BCUT2D eigenvalue weighted by Crippen LogP contribution is 2.27. The van der Waals surface area contributed by atoms with Crippen LogP contribution in [-0.2, 0) is 16.1 Å². The molecule has 0 saturated carbocycles. The van der Waals surface area contributed by atoms with Crippen LogP contribution in [0.2, 0.25) is 0 Å². The van der Waals surface area contributed by atoms with Gasteiger partial charge in [0.05, 0.1) is 20.3 Å². The number of nitrogens with one attached hydrogen (secondary N) is 1. The Morgan fingerprint density at radius 2 is 1.70 bits per heavy atom. The van der Waals surface area contributed by atoms with Crippen LogP contribution in [-0.4, -0.2) is 37.5 Å². The molecule has 0 bridgehead atoms. The SMILES string of the molecule is COc1ccc(CNC(=O)CN(C(C)=O)C(C)c2ccccc2)cc1OC. The summed E-state index contributed by atoms with van der Waals surface area (Å²) in [6, 6.07) is 14.9. The second-order valence-corrected chi connectivity index (χ2v) is 6.20. The van der Waals surface area contributed by atoms with Crippen molar-refractivity contribution in [2.24, 2.45) is 0 Å². The number of carbonyl (C=O) groups is 2. The van der Waals surface area contributed by atoms with Crippen molar-refractivity contribution >= 4 is 11.8 Å². The van der Waals surface area contributed by atoms with Gasteiger partial charge in [-0.1, -0.05) is 36.4 Å². The number of methoxy groups -OCH3 is 2. The van der Waals surface area contributed by atoms with Crippen LogP contribution >= 0.6 is 0 Å². The van der Waals surface area contributed by atoms with E-state index in [9.17, 15) is 9.59 Å². The molecule has 2 aromatic carbocycles. The van der Waals surface area contributed by atoms with Crippen molar-refractivity contribution in [1.29, 1.82) is 0 Å². The van der Waals surface area contributed by atoms with E-state index in [1.807, 2.05) is 49.4 Å². The van der Waals surface area contributed by atoms with Gasteiger partial charge in [0.15, 0.2) is 11.5 Å². The molecule has 2 aromatic rings. The second-order valence-electron chi connectivity index (χ2n) is 6.20. The van der Waals surface area contributed by atoms with E-state index in [2.05, 4.69) is 5.32 Å². The molecule has 2 rings (SSSR count). The second kappa shape index (κ2) is 9.62. The molecular formula is C21H26N2O4. The third-order valence-electron chi connectivity index (χ3n) is 4.41. The van der Waals surface area contributed by atoms with Crippen LogP contribution < -0.4 is 14.8 Å². The third-order valence-corrected chi connectivity index (χ3v) is 4.41. The van der Waals surface area contributed by atoms with Crippen LogP contribution in [0, 0.1) is 0 Å². The quantitative estimate of drug-likeness (QED) is 0.776. The van der Waals surface area contributed by atoms with Gasteiger partial charge in [-0.3, -0.25) is 9.59 Å². The Labute approximate surface area is 160 Å². The minimum absolute atomic E-state index is 0.00131. The Bertz CT molecular complexity index is 777. The molecule has 6 nitrogen and oxygen atoms in total. The molecular weight excluding hydrogens is 344 g/mol. The molecule has 0 aliphatic rings. The summed E-state index contributed by atoms with van der Waals surface area (Å²) in [6.45, 7) is 3.72. The summed E-state index contributed by atoms with van der Waals surface area (Å²) in [5, 5.41) is 2.85. The normalized spacial score (nSPS) is 11.4. The summed E-state index contributed by atoms with van der Waals surface area (Å²) in [5.41, 5.74) is 1.87. The van der Waals surface area contributed by atoms with E-state index in [1.54, 1.807) is 25.2 Å². The van der Waals surface area contributed by atoms with Crippen LogP contribution in [0.4, 0.5) is 0 Å². The van der Waals surface area contributed by atoms with Crippen LogP contribution in [0.15, 0.2) is 48.5 Å². The minimum Gasteiger partial charge on any atom is -0.493 e. The fraction of sp³-hybridized carbons (Fsp3) is 0.333. The van der Waals surface area contributed by atoms with Gasteiger partial charge in [-0.15, -0.1) is 0 Å². The highest BCUT2D eigenvalue weighted by molar-refractivity contribution is 5.84. The average Bonchev–Trinajstić information content (AvgIpc) is 2.70. The van der Waals surface area contributed by atoms with Gasteiger partial charge in [0, 0.05) is 13.5 Å². The number of amides is 2. The van der Waals surface area contributed by atoms with Crippen molar-refractivity contribution in [3.8, 4) is 11.5 Å². The van der Waals surface area contributed by atoms with Gasteiger partial charge in [-0.25, -0.2) is 0 Å². The van der Waals surface area contributed by atoms with Gasteiger partial charge in [0.25, 0.3) is 0 Å². The first-order valence-corrected chi connectivity index (χ1v) is 8.76. The molecule has 1 unspecified atom stereocenters. The number of hydrogen-bond donors (Lipinski definition) is 1. The fourth-order valence-electron chi connectivity index (χ4n) is 2.83. The summed E-state index contributed by atoms with van der Waals surface area (Å²) >= 11 is 0. The lowest BCUT2D eigenvalue weighted by atomic mass is 10.1. The van der Waals surface area contributed by atoms with Crippen molar-refractivity contribution in [3.05, 3.63) is 59.7 Å². The molecule has 27 heavy (non-hydrogen) atoms. The number of rotatable bonds is 8. The van der Waals surface area contributed by atoms with E-state index in [-0.39, 0.29) is 24.4 Å². The van der Waals surface area contributed by atoms with E-state index in [0.29, 0.717) is 18.0 Å². The van der Waals surface area contributed by atoms with Crippen molar-refractivity contribution in [1.82, 2.24) is 10.2 Å². The number of nitrogens with zero attached hydrogens (tertiary/aromatic N) is 1. The van der Waals surface area contributed by atoms with E-state index in [4.69, 9.17) is 9.47 Å². The van der Waals surface area contributed by atoms with Gasteiger partial charge in [0.2, 0.25) is 11.8 Å². The summed E-state index contributed by atoms with van der Waals surface area (Å²) < 4.78 is 10.5. The van der Waals surface area contributed by atoms with E-state index < -0.39 is 0 Å². The lowest BCUT2D eigenvalue weighted by molar-refractivity contribution is -0.136. The number of carbonyl (C=O) groups excluding carboxylic acids is 2. The van der Waals surface area contributed by atoms with Crippen LogP contribution in [0.1, 0.15) is 31.0 Å². The molecule has 0 aliphatic heterocycles. The van der Waals surface area contributed by atoms with Crippen molar-refractivity contribution in [2.75, 3.05) is 20.8 Å². The standard InChI is InChI=1S/C21H26N2O4/c1-15(18-8-6-5-7-9-18)23(16(2)24)14-21(25)22-13-17-10-11-19(26-3)20(12-17)27-4/h5-12,15H,13-14H2,1-4H3,(H,22,25). The summed E-state index contributed by atoms with van der Waals surface area (Å²) in [4.78, 5) is 26.0. The maximum Gasteiger partial charge on any atom is 0.239 e. The fourth-order valence-corrected chi connectivity index (χ4v) is 2.83. The Kier molecular flexibility index (Phi) is 7.23. The van der Waals surface area contributed by atoms with Crippen molar-refractivity contribution < 1.29 is 19.1 Å². The minimum atomic E-state index is -0.220. The smallest absolute Gasteiger partial charge is 0.239 e. The number of benzene rings is 2. The van der Waals surface area contributed by atoms with Crippen LogP contribution in [0.3, 0.4) is 0 Å². The van der Waals surface area contributed by atoms with Crippen LogP contribution in [0.5, 0.6) is 11.5 Å². The first-order chi connectivity index (χ1) is 13.0. The lowest BCUT2D eigenvalue weighted by Gasteiger charge is -2.28. The maximum absolute atomic E-state index is 12.4. The maximum atomic E-state index is 12.4. The Balaban J connectivity index is 1.99. The molecule has 1 atom stereocenters. The van der Waals surface area contributed by atoms with Gasteiger partial charge in [-0.2, -0.15) is 0 Å². The number of ether oxygens (including phenoxy) is 2. The predicted octanol–water partition coefficient (Wildman–Crippen LogP) is 2.93. The van der Waals surface area contributed by atoms with Crippen molar-refractivity contribution in [2.45, 2.75) is 26.4 Å². The zero-order valence-electron chi connectivity index (χ0n) is 16.2. The van der Waals surface area contributed by atoms with E-state index >= 15 is 0 Å². The van der Waals surface area contributed by atoms with Gasteiger partial charge >= 0.3 is 0 Å². The molecule has 0 fully saturated rings. The lowest BCUT2D eigenvalue weighted by Crippen LogP contribution is -2.40. The molecule has 0 saturated heterocycles.